The molecule has 1 aromatic carbocycles. The van der Waals surface area contributed by atoms with E-state index in [2.05, 4.69) is 75.7 Å². The molecule has 2 N–H and O–H groups in total. The van der Waals surface area contributed by atoms with Crippen molar-refractivity contribution in [2.75, 3.05) is 0 Å². The lowest BCUT2D eigenvalue weighted by molar-refractivity contribution is 0.171. The Morgan fingerprint density at radius 1 is 0.929 bits per heavy atom. The van der Waals surface area contributed by atoms with Crippen molar-refractivity contribution in [2.24, 2.45) is 0 Å². The summed E-state index contributed by atoms with van der Waals surface area (Å²) in [6.45, 7) is 7.54. The van der Waals surface area contributed by atoms with Crippen molar-refractivity contribution in [2.45, 2.75) is 34.1 Å². The predicted molar refractivity (Wildman–Crippen MR) is 109 cm³/mol. The summed E-state index contributed by atoms with van der Waals surface area (Å²) in [4.78, 5) is 4.59. The highest BCUT2D eigenvalue weighted by Crippen LogP contribution is 2.21. The molecule has 2 aromatic heterocycles. The highest BCUT2D eigenvalue weighted by atomic mass is 16.5. The zero-order valence-corrected chi connectivity index (χ0v) is 16.5. The molecule has 0 fully saturated rings. The Kier molecular flexibility index (Phi) is 5.84. The van der Waals surface area contributed by atoms with E-state index in [0.29, 0.717) is 11.6 Å². The van der Waals surface area contributed by atoms with E-state index in [4.69, 9.17) is 5.21 Å². The summed E-state index contributed by atoms with van der Waals surface area (Å²) >= 11 is 0. The zero-order chi connectivity index (χ0) is 20.1. The molecule has 0 spiro atoms. The van der Waals surface area contributed by atoms with E-state index in [1.165, 1.54) is 11.1 Å². The lowest BCUT2D eigenvalue weighted by Gasteiger charge is -1.96. The van der Waals surface area contributed by atoms with Crippen LogP contribution in [-0.2, 0) is 0 Å². The molecular weight excluding hydrogens is 352 g/mol. The van der Waals surface area contributed by atoms with Crippen LogP contribution in [0.1, 0.15) is 36.4 Å². The lowest BCUT2D eigenvalue weighted by Crippen LogP contribution is -1.94. The van der Waals surface area contributed by atoms with Crippen molar-refractivity contribution in [1.29, 1.82) is 0 Å². The molecule has 0 radical (unpaired) electrons. The highest BCUT2D eigenvalue weighted by molar-refractivity contribution is 5.72. The molecule has 7 nitrogen and oxygen atoms in total. The standard InChI is InChI=1S/C17H17N3.C4H7N3O/c1-12-4-3-5-14(9-6-12)16-18-17(20-19-16)15-10-7-13(2)8-11-15;1-3-5-6-4(2)7(3)8/h4-11H,3H2,1-2H3,(H,18,19,20);8H,1-2H3. The van der Waals surface area contributed by atoms with Crippen LogP contribution in [0.4, 0.5) is 0 Å². The van der Waals surface area contributed by atoms with Gasteiger partial charge in [-0.2, -0.15) is 9.83 Å². The molecule has 7 heteroatoms. The van der Waals surface area contributed by atoms with Crippen LogP contribution in [0.3, 0.4) is 0 Å². The highest BCUT2D eigenvalue weighted by Gasteiger charge is 2.08. The third-order valence-electron chi connectivity index (χ3n) is 4.32. The molecule has 4 rings (SSSR count). The first-order valence-corrected chi connectivity index (χ1v) is 9.06. The molecule has 1 aliphatic rings. The summed E-state index contributed by atoms with van der Waals surface area (Å²) in [5, 5.41) is 23.3. The molecule has 0 atom stereocenters. The number of aromatic nitrogens is 6. The maximum atomic E-state index is 8.84. The summed E-state index contributed by atoms with van der Waals surface area (Å²) in [5.74, 6) is 2.59. The summed E-state index contributed by atoms with van der Waals surface area (Å²) in [6, 6.07) is 8.24. The topological polar surface area (TPSA) is 92.5 Å². The number of allylic oxidation sites excluding steroid dienone is 6. The van der Waals surface area contributed by atoms with Gasteiger partial charge in [-0.3, -0.25) is 5.10 Å². The van der Waals surface area contributed by atoms with Gasteiger partial charge in [-0.25, -0.2) is 4.98 Å². The number of hydrogen-bond donors (Lipinski definition) is 2. The quantitative estimate of drug-likeness (QED) is 0.654. The van der Waals surface area contributed by atoms with Crippen LogP contribution in [0.25, 0.3) is 17.0 Å². The lowest BCUT2D eigenvalue weighted by atomic mass is 10.1. The molecule has 0 aliphatic heterocycles. The number of aryl methyl sites for hydroxylation is 3. The summed E-state index contributed by atoms with van der Waals surface area (Å²) in [6.07, 6.45) is 9.47. The van der Waals surface area contributed by atoms with Crippen molar-refractivity contribution in [3.8, 4) is 11.4 Å². The average Bonchev–Trinajstić information content (AvgIpc) is 3.21. The van der Waals surface area contributed by atoms with E-state index >= 15 is 0 Å². The minimum absolute atomic E-state index is 0.516. The van der Waals surface area contributed by atoms with Gasteiger partial charge in [0.2, 0.25) is 0 Å². The normalized spacial score (nSPS) is 13.3. The van der Waals surface area contributed by atoms with Crippen LogP contribution in [0, 0.1) is 20.8 Å². The molecule has 0 saturated heterocycles. The largest absolute Gasteiger partial charge is 0.425 e. The van der Waals surface area contributed by atoms with Crippen LogP contribution in [0.2, 0.25) is 0 Å². The van der Waals surface area contributed by atoms with Gasteiger partial charge in [0.25, 0.3) is 0 Å². The van der Waals surface area contributed by atoms with Gasteiger partial charge in [-0.1, -0.05) is 59.7 Å². The summed E-state index contributed by atoms with van der Waals surface area (Å²) < 4.78 is 0.944. The predicted octanol–water partition coefficient (Wildman–Crippen LogP) is 4.20. The fraction of sp³-hybridized carbons (Fsp3) is 0.238. The Morgan fingerprint density at radius 3 is 2.21 bits per heavy atom. The Morgan fingerprint density at radius 2 is 1.61 bits per heavy atom. The van der Waals surface area contributed by atoms with E-state index in [0.717, 1.165) is 33.9 Å². The Hall–Kier alpha value is -3.48. The second kappa shape index (κ2) is 8.47. The Bertz CT molecular complexity index is 1020. The molecule has 3 aromatic rings. The van der Waals surface area contributed by atoms with Gasteiger partial charge in [-0.05, 0) is 34.1 Å². The van der Waals surface area contributed by atoms with Gasteiger partial charge in [-0.15, -0.1) is 10.2 Å². The van der Waals surface area contributed by atoms with Gasteiger partial charge < -0.3 is 5.21 Å². The summed E-state index contributed by atoms with van der Waals surface area (Å²) in [5.41, 5.74) is 4.63. The maximum Gasteiger partial charge on any atom is 0.181 e. The van der Waals surface area contributed by atoms with Crippen molar-refractivity contribution < 1.29 is 5.21 Å². The first-order chi connectivity index (χ1) is 13.4. The van der Waals surface area contributed by atoms with E-state index < -0.39 is 0 Å². The third kappa shape index (κ3) is 4.62. The zero-order valence-electron chi connectivity index (χ0n) is 16.5. The van der Waals surface area contributed by atoms with Gasteiger partial charge in [0.05, 0.1) is 0 Å². The number of hydrogen-bond acceptors (Lipinski definition) is 5. The van der Waals surface area contributed by atoms with Gasteiger partial charge in [0, 0.05) is 11.1 Å². The fourth-order valence-electron chi connectivity index (χ4n) is 2.59. The second-order valence-electron chi connectivity index (χ2n) is 6.66. The smallest absolute Gasteiger partial charge is 0.181 e. The molecule has 144 valence electrons. The van der Waals surface area contributed by atoms with Crippen molar-refractivity contribution in [3.05, 3.63) is 77.2 Å². The Labute approximate surface area is 164 Å². The van der Waals surface area contributed by atoms with Gasteiger partial charge in [0.15, 0.2) is 23.3 Å². The monoisotopic (exact) mass is 376 g/mol. The summed E-state index contributed by atoms with van der Waals surface area (Å²) in [7, 11) is 0. The van der Waals surface area contributed by atoms with E-state index in [9.17, 15) is 0 Å². The maximum absolute atomic E-state index is 8.84. The molecule has 0 unspecified atom stereocenters. The van der Waals surface area contributed by atoms with Gasteiger partial charge in [0.1, 0.15) is 0 Å². The molecule has 0 amide bonds. The van der Waals surface area contributed by atoms with Crippen LogP contribution < -0.4 is 0 Å². The van der Waals surface area contributed by atoms with Crippen LogP contribution >= 0.6 is 0 Å². The molecular formula is C21H24N6O. The minimum atomic E-state index is 0.516. The van der Waals surface area contributed by atoms with Crippen LogP contribution in [0.5, 0.6) is 0 Å². The Balaban J connectivity index is 0.000000236. The minimum Gasteiger partial charge on any atom is -0.425 e. The number of aromatic amines is 1. The van der Waals surface area contributed by atoms with Gasteiger partial charge >= 0.3 is 0 Å². The van der Waals surface area contributed by atoms with Crippen LogP contribution in [0.15, 0.2) is 54.1 Å². The third-order valence-corrected chi connectivity index (χ3v) is 4.32. The van der Waals surface area contributed by atoms with E-state index in [1.807, 2.05) is 12.1 Å². The molecule has 1 aliphatic carbocycles. The SMILES string of the molecule is CC1=CCC=C(c2nc(-c3ccc(C)cc3)n[nH]2)C=C1.Cc1nnc(C)n1O. The number of nitrogens with one attached hydrogen (secondary N) is 1. The van der Waals surface area contributed by atoms with Crippen LogP contribution in [-0.4, -0.2) is 35.3 Å². The van der Waals surface area contributed by atoms with E-state index in [1.54, 1.807) is 13.8 Å². The fourth-order valence-corrected chi connectivity index (χ4v) is 2.59. The number of benzene rings is 1. The van der Waals surface area contributed by atoms with Crippen molar-refractivity contribution in [3.63, 3.8) is 0 Å². The molecule has 28 heavy (non-hydrogen) atoms. The first-order valence-electron chi connectivity index (χ1n) is 9.06. The second-order valence-corrected chi connectivity index (χ2v) is 6.66. The molecule has 0 saturated carbocycles. The average molecular weight is 376 g/mol. The number of nitrogens with zero attached hydrogens (tertiary/aromatic N) is 5. The van der Waals surface area contributed by atoms with Crippen molar-refractivity contribution in [1.82, 2.24) is 30.1 Å². The first kappa shape index (κ1) is 19.3. The molecule has 0 bridgehead atoms. The van der Waals surface area contributed by atoms with E-state index in [-0.39, 0.29) is 0 Å². The number of H-pyrrole nitrogens is 1. The van der Waals surface area contributed by atoms with Crippen molar-refractivity contribution >= 4 is 5.57 Å². The number of rotatable bonds is 2. The molecule has 2 heterocycles.